The van der Waals surface area contributed by atoms with Crippen molar-refractivity contribution in [2.24, 2.45) is 0 Å². The van der Waals surface area contributed by atoms with Crippen LogP contribution in [0.5, 0.6) is 0 Å². The summed E-state index contributed by atoms with van der Waals surface area (Å²) >= 11 is 0. The molecule has 7 heteroatoms. The average Bonchev–Trinajstić information content (AvgIpc) is 3.14. The molecular weight excluding hydrogens is 379 g/mol. The molecule has 0 N–H and O–H groups in total. The quantitative estimate of drug-likeness (QED) is 0.719. The fraction of sp³-hybridized carbons (Fsp3) is 0.286. The minimum Gasteiger partial charge on any atom is -0.338 e. The topological polar surface area (TPSA) is 57.7 Å². The first-order chi connectivity index (χ1) is 13.3. The van der Waals surface area contributed by atoms with E-state index >= 15 is 0 Å². The molecule has 0 aliphatic carbocycles. The van der Waals surface area contributed by atoms with E-state index in [1.165, 1.54) is 18.3 Å². The molecule has 2 aromatic carbocycles. The normalized spacial score (nSPS) is 18.0. The average molecular weight is 400 g/mol. The van der Waals surface area contributed by atoms with E-state index in [4.69, 9.17) is 0 Å². The monoisotopic (exact) mass is 400 g/mol. The highest BCUT2D eigenvalue weighted by atomic mass is 32.2. The van der Waals surface area contributed by atoms with Gasteiger partial charge in [0.1, 0.15) is 5.82 Å². The van der Waals surface area contributed by atoms with Gasteiger partial charge in [0, 0.05) is 25.0 Å². The lowest BCUT2D eigenvalue weighted by Crippen LogP contribution is -2.35. The predicted octanol–water partition coefficient (Wildman–Crippen LogP) is 3.83. The molecule has 0 aromatic heterocycles. The van der Waals surface area contributed by atoms with Crippen molar-refractivity contribution in [3.8, 4) is 0 Å². The molecule has 0 spiro atoms. The highest BCUT2D eigenvalue weighted by Gasteiger charge is 2.38. The Balaban J connectivity index is 1.93. The summed E-state index contributed by atoms with van der Waals surface area (Å²) < 4.78 is 40.3. The van der Waals surface area contributed by atoms with Crippen LogP contribution in [-0.4, -0.2) is 32.3 Å². The van der Waals surface area contributed by atoms with Gasteiger partial charge in [-0.05, 0) is 68.1 Å². The summed E-state index contributed by atoms with van der Waals surface area (Å²) in [7, 11) is -4.04. The van der Waals surface area contributed by atoms with E-state index in [0.717, 1.165) is 30.0 Å². The van der Waals surface area contributed by atoms with Crippen LogP contribution in [-0.2, 0) is 14.6 Å². The Morgan fingerprint density at radius 3 is 2.29 bits per heavy atom. The van der Waals surface area contributed by atoms with E-state index in [2.05, 4.69) is 0 Å². The number of carbonyl (C=O) groups excluding carboxylic acids is 1. The molecule has 0 saturated carbocycles. The van der Waals surface area contributed by atoms with Crippen LogP contribution in [0.1, 0.15) is 24.0 Å². The number of likely N-dealkylation sites (tertiary alicyclic amines) is 1. The Morgan fingerprint density at radius 2 is 1.64 bits per heavy atom. The lowest BCUT2D eigenvalue weighted by Gasteiger charge is -2.30. The van der Waals surface area contributed by atoms with Gasteiger partial charge in [-0.1, -0.05) is 6.07 Å². The summed E-state index contributed by atoms with van der Waals surface area (Å²) in [5.74, 6) is -1.03. The molecule has 0 unspecified atom stereocenters. The Bertz CT molecular complexity index is 1080. The van der Waals surface area contributed by atoms with Crippen molar-refractivity contribution in [1.29, 1.82) is 0 Å². The van der Waals surface area contributed by atoms with Gasteiger partial charge >= 0.3 is 0 Å². The summed E-state index contributed by atoms with van der Waals surface area (Å²) in [4.78, 5) is 15.8. The van der Waals surface area contributed by atoms with Crippen molar-refractivity contribution in [2.45, 2.75) is 31.6 Å². The fourth-order valence-corrected chi connectivity index (χ4v) is 5.35. The van der Waals surface area contributed by atoms with Crippen molar-refractivity contribution in [3.05, 3.63) is 64.4 Å². The maximum Gasteiger partial charge on any atom is 0.267 e. The molecule has 2 aromatic rings. The van der Waals surface area contributed by atoms with Gasteiger partial charge in [-0.3, -0.25) is 4.79 Å². The van der Waals surface area contributed by atoms with Gasteiger partial charge in [-0.25, -0.2) is 12.8 Å². The van der Waals surface area contributed by atoms with Crippen LogP contribution < -0.4 is 4.90 Å². The molecule has 28 heavy (non-hydrogen) atoms. The zero-order valence-corrected chi connectivity index (χ0v) is 16.6. The second kappa shape index (κ2) is 6.74. The number of anilines is 2. The summed E-state index contributed by atoms with van der Waals surface area (Å²) in [6, 6.07) is 9.30. The van der Waals surface area contributed by atoms with Crippen LogP contribution in [0.15, 0.2) is 52.4 Å². The number of aryl methyl sites for hydroxylation is 2. The third-order valence-electron chi connectivity index (χ3n) is 5.09. The zero-order chi connectivity index (χ0) is 20.1. The summed E-state index contributed by atoms with van der Waals surface area (Å²) in [6.45, 7) is 4.96. The van der Waals surface area contributed by atoms with Gasteiger partial charge in [0.2, 0.25) is 9.84 Å². The van der Waals surface area contributed by atoms with Crippen LogP contribution in [0.2, 0.25) is 0 Å². The van der Waals surface area contributed by atoms with E-state index in [1.54, 1.807) is 9.80 Å². The largest absolute Gasteiger partial charge is 0.338 e. The SMILES string of the molecule is Cc1cc(C)cc(N2C=C(C(=O)N3CCCC3)S(=O)(=O)c3ccc(F)cc32)c1. The number of amides is 1. The number of rotatable bonds is 2. The van der Waals surface area contributed by atoms with E-state index in [1.807, 2.05) is 32.0 Å². The van der Waals surface area contributed by atoms with Crippen molar-refractivity contribution < 1.29 is 17.6 Å². The van der Waals surface area contributed by atoms with Crippen LogP contribution >= 0.6 is 0 Å². The molecule has 1 saturated heterocycles. The number of fused-ring (bicyclic) bond motifs is 1. The van der Waals surface area contributed by atoms with E-state index in [-0.39, 0.29) is 15.5 Å². The van der Waals surface area contributed by atoms with Crippen molar-refractivity contribution in [2.75, 3.05) is 18.0 Å². The maximum absolute atomic E-state index is 14.0. The Hall–Kier alpha value is -2.67. The first-order valence-electron chi connectivity index (χ1n) is 9.20. The third kappa shape index (κ3) is 3.09. The smallest absolute Gasteiger partial charge is 0.267 e. The molecule has 5 nitrogen and oxygen atoms in total. The number of hydrogen-bond donors (Lipinski definition) is 0. The molecule has 1 amide bonds. The van der Waals surface area contributed by atoms with Crippen LogP contribution in [0, 0.1) is 19.7 Å². The molecule has 146 valence electrons. The third-order valence-corrected chi connectivity index (χ3v) is 6.88. The van der Waals surface area contributed by atoms with Gasteiger partial charge in [0.25, 0.3) is 5.91 Å². The van der Waals surface area contributed by atoms with Crippen molar-refractivity contribution in [1.82, 2.24) is 4.90 Å². The van der Waals surface area contributed by atoms with Crippen LogP contribution in [0.3, 0.4) is 0 Å². The Morgan fingerprint density at radius 1 is 1.00 bits per heavy atom. The molecule has 4 rings (SSSR count). The van der Waals surface area contributed by atoms with Crippen molar-refractivity contribution in [3.63, 3.8) is 0 Å². The summed E-state index contributed by atoms with van der Waals surface area (Å²) in [5.41, 5.74) is 2.87. The first kappa shape index (κ1) is 18.7. The fourth-order valence-electron chi connectivity index (χ4n) is 3.83. The molecule has 1 fully saturated rings. The second-order valence-corrected chi connectivity index (χ2v) is 9.21. The number of carbonyl (C=O) groups is 1. The minimum absolute atomic E-state index is 0.0573. The number of sulfone groups is 1. The molecule has 0 atom stereocenters. The number of halogens is 1. The molecule has 2 heterocycles. The number of hydrogen-bond acceptors (Lipinski definition) is 4. The lowest BCUT2D eigenvalue weighted by atomic mass is 10.1. The standard InChI is InChI=1S/C21H21FN2O3S/c1-14-9-15(2)11-17(10-14)24-13-20(21(25)23-7-3-4-8-23)28(26,27)19-6-5-16(22)12-18(19)24/h5-6,9-13H,3-4,7-8H2,1-2H3. The summed E-state index contributed by atoms with van der Waals surface area (Å²) in [6.07, 6.45) is 3.06. The van der Waals surface area contributed by atoms with Crippen LogP contribution in [0.4, 0.5) is 15.8 Å². The predicted molar refractivity (Wildman–Crippen MR) is 106 cm³/mol. The highest BCUT2D eigenvalue weighted by molar-refractivity contribution is 7.96. The van der Waals surface area contributed by atoms with Gasteiger partial charge < -0.3 is 9.80 Å². The molecular formula is C21H21FN2O3S. The minimum atomic E-state index is -4.04. The van der Waals surface area contributed by atoms with Gasteiger partial charge in [0.05, 0.1) is 10.6 Å². The Kier molecular flexibility index (Phi) is 4.50. The van der Waals surface area contributed by atoms with Gasteiger partial charge in [-0.15, -0.1) is 0 Å². The van der Waals surface area contributed by atoms with E-state index in [9.17, 15) is 17.6 Å². The molecule has 2 aliphatic rings. The van der Waals surface area contributed by atoms with E-state index < -0.39 is 21.6 Å². The lowest BCUT2D eigenvalue weighted by molar-refractivity contribution is -0.125. The Labute approximate surface area is 164 Å². The molecule has 2 aliphatic heterocycles. The second-order valence-electron chi connectivity index (χ2n) is 7.32. The van der Waals surface area contributed by atoms with Crippen molar-refractivity contribution >= 4 is 27.1 Å². The molecule has 0 radical (unpaired) electrons. The number of nitrogens with zero attached hydrogens (tertiary/aromatic N) is 2. The van der Waals surface area contributed by atoms with E-state index in [0.29, 0.717) is 18.8 Å². The van der Waals surface area contributed by atoms with Crippen LogP contribution in [0.25, 0.3) is 0 Å². The molecule has 0 bridgehead atoms. The summed E-state index contributed by atoms with van der Waals surface area (Å²) in [5, 5.41) is 0. The van der Waals surface area contributed by atoms with Gasteiger partial charge in [0.15, 0.2) is 4.91 Å². The number of benzene rings is 2. The highest BCUT2D eigenvalue weighted by Crippen LogP contribution is 2.41. The zero-order valence-electron chi connectivity index (χ0n) is 15.8. The first-order valence-corrected chi connectivity index (χ1v) is 10.7. The maximum atomic E-state index is 14.0. The van der Waals surface area contributed by atoms with Gasteiger partial charge in [-0.2, -0.15) is 0 Å².